The highest BCUT2D eigenvalue weighted by Crippen LogP contribution is 2.20. The molecule has 0 saturated heterocycles. The molecule has 1 aromatic heterocycles. The lowest BCUT2D eigenvalue weighted by Gasteiger charge is -2.10. The maximum atomic E-state index is 10.5. The minimum absolute atomic E-state index is 0. The molecule has 0 radical (unpaired) electrons. The molecule has 0 fully saturated rings. The number of aromatic nitrogens is 2. The van der Waals surface area contributed by atoms with E-state index in [1.54, 1.807) is 12.1 Å². The summed E-state index contributed by atoms with van der Waals surface area (Å²) < 4.78 is 4.00. The molecule has 1 unspecified atom stereocenters. The third-order valence-electron chi connectivity index (χ3n) is 3.94. The number of nitrogens with two attached hydrogens (primary N) is 1. The van der Waals surface area contributed by atoms with Crippen molar-refractivity contribution in [1.82, 2.24) is 4.57 Å². The first kappa shape index (κ1) is 17.6. The Morgan fingerprint density at radius 3 is 2.48 bits per heavy atom. The van der Waals surface area contributed by atoms with E-state index in [1.165, 1.54) is 0 Å². The second-order valence-electron chi connectivity index (χ2n) is 5.27. The van der Waals surface area contributed by atoms with Crippen LogP contribution in [0.5, 0.6) is 0 Å². The number of aryl methyl sites for hydroxylation is 1. The molecule has 2 aromatic carbocycles. The first-order valence-electron chi connectivity index (χ1n) is 7.32. The minimum Gasteiger partial charge on any atom is -1.00 e. The van der Waals surface area contributed by atoms with Gasteiger partial charge in [0.15, 0.2) is 0 Å². The van der Waals surface area contributed by atoms with E-state index in [0.717, 1.165) is 23.1 Å². The number of rotatable bonds is 4. The summed E-state index contributed by atoms with van der Waals surface area (Å²) in [6.07, 6.45) is -0.638. The van der Waals surface area contributed by atoms with Gasteiger partial charge in [0.05, 0.1) is 6.54 Å². The van der Waals surface area contributed by atoms with Crippen molar-refractivity contribution in [3.63, 3.8) is 0 Å². The maximum absolute atomic E-state index is 10.5. The van der Waals surface area contributed by atoms with E-state index in [2.05, 4.69) is 6.92 Å². The normalized spacial score (nSPS) is 12.1. The molecule has 1 atom stereocenters. The second kappa shape index (κ2) is 7.21. The van der Waals surface area contributed by atoms with Crippen LogP contribution >= 0.6 is 11.6 Å². The van der Waals surface area contributed by atoms with Gasteiger partial charge in [-0.25, -0.2) is 9.13 Å². The topological polar surface area (TPSA) is 55.1 Å². The molecule has 3 aromatic rings. The van der Waals surface area contributed by atoms with E-state index in [4.69, 9.17) is 17.3 Å². The zero-order valence-electron chi connectivity index (χ0n) is 12.8. The average Bonchev–Trinajstić information content (AvgIpc) is 2.80. The predicted molar refractivity (Wildman–Crippen MR) is 88.6 cm³/mol. The predicted octanol–water partition coefficient (Wildman–Crippen LogP) is -0.0781. The molecule has 122 valence electrons. The second-order valence-corrected chi connectivity index (χ2v) is 5.71. The van der Waals surface area contributed by atoms with Crippen molar-refractivity contribution in [2.45, 2.75) is 26.1 Å². The SMILES string of the molecule is CCn1c(N)[n+](CC(O)c2ccc(Cl)cc2)c2ccccc21.[Cl-]. The molecule has 0 aliphatic rings. The Morgan fingerprint density at radius 2 is 1.83 bits per heavy atom. The van der Waals surface area contributed by atoms with Crippen molar-refractivity contribution in [2.75, 3.05) is 5.73 Å². The number of halogens is 2. The van der Waals surface area contributed by atoms with Crippen molar-refractivity contribution < 1.29 is 22.1 Å². The third-order valence-corrected chi connectivity index (χ3v) is 4.19. The van der Waals surface area contributed by atoms with Gasteiger partial charge in [-0.05, 0) is 36.8 Å². The van der Waals surface area contributed by atoms with Crippen molar-refractivity contribution in [2.24, 2.45) is 0 Å². The Morgan fingerprint density at radius 1 is 1.17 bits per heavy atom. The number of imidazole rings is 1. The van der Waals surface area contributed by atoms with Crippen LogP contribution in [0.4, 0.5) is 5.95 Å². The molecule has 0 aliphatic carbocycles. The monoisotopic (exact) mass is 351 g/mol. The van der Waals surface area contributed by atoms with E-state index in [0.29, 0.717) is 17.5 Å². The summed E-state index contributed by atoms with van der Waals surface area (Å²) >= 11 is 5.89. The largest absolute Gasteiger partial charge is 1.00 e. The van der Waals surface area contributed by atoms with Gasteiger partial charge in [-0.3, -0.25) is 5.73 Å². The summed E-state index contributed by atoms with van der Waals surface area (Å²) in [4.78, 5) is 0. The van der Waals surface area contributed by atoms with Gasteiger partial charge in [-0.15, -0.1) is 0 Å². The Kier molecular flexibility index (Phi) is 5.52. The van der Waals surface area contributed by atoms with Crippen LogP contribution in [0.25, 0.3) is 11.0 Å². The van der Waals surface area contributed by atoms with Crippen LogP contribution in [0, 0.1) is 0 Å². The quantitative estimate of drug-likeness (QED) is 0.646. The van der Waals surface area contributed by atoms with Crippen LogP contribution in [0.1, 0.15) is 18.6 Å². The van der Waals surface area contributed by atoms with Crippen molar-refractivity contribution in [3.05, 3.63) is 59.1 Å². The first-order valence-corrected chi connectivity index (χ1v) is 7.69. The molecule has 0 saturated carbocycles. The fraction of sp³-hybridized carbons (Fsp3) is 0.235. The lowest BCUT2D eigenvalue weighted by molar-refractivity contribution is -0.666. The molecule has 23 heavy (non-hydrogen) atoms. The molecular formula is C17H19Cl2N3O. The number of nitrogen functional groups attached to an aromatic ring is 1. The molecule has 1 heterocycles. The summed E-state index contributed by atoms with van der Waals surface area (Å²) in [6, 6.07) is 15.3. The van der Waals surface area contributed by atoms with Gasteiger partial charge < -0.3 is 17.5 Å². The molecule has 0 aliphatic heterocycles. The molecule has 0 bridgehead atoms. The van der Waals surface area contributed by atoms with Crippen molar-refractivity contribution >= 4 is 28.6 Å². The standard InChI is InChI=1S/C17H18ClN3O.ClH/c1-2-20-14-5-3-4-6-15(14)21(17(20)19)11-16(22)12-7-9-13(18)10-8-12;/h3-10,16,19,22H,2,11H2,1H3;1H. The Labute approximate surface area is 146 Å². The molecule has 6 heteroatoms. The van der Waals surface area contributed by atoms with Gasteiger partial charge in [0.1, 0.15) is 23.7 Å². The molecule has 4 nitrogen and oxygen atoms in total. The van der Waals surface area contributed by atoms with Crippen LogP contribution in [-0.2, 0) is 13.1 Å². The highest BCUT2D eigenvalue weighted by Gasteiger charge is 2.22. The lowest BCUT2D eigenvalue weighted by atomic mass is 10.1. The van der Waals surface area contributed by atoms with E-state index < -0.39 is 6.10 Å². The number of hydrogen-bond donors (Lipinski definition) is 2. The number of fused-ring (bicyclic) bond motifs is 1. The van der Waals surface area contributed by atoms with E-state index in [-0.39, 0.29) is 12.4 Å². The van der Waals surface area contributed by atoms with Crippen LogP contribution in [0.3, 0.4) is 0 Å². The van der Waals surface area contributed by atoms with E-state index >= 15 is 0 Å². The summed E-state index contributed by atoms with van der Waals surface area (Å²) in [5, 5.41) is 11.2. The van der Waals surface area contributed by atoms with Gasteiger partial charge in [-0.1, -0.05) is 35.9 Å². The summed E-state index contributed by atoms with van der Waals surface area (Å²) in [5.74, 6) is 0.650. The van der Waals surface area contributed by atoms with Crippen LogP contribution in [0.2, 0.25) is 5.02 Å². The van der Waals surface area contributed by atoms with Crippen molar-refractivity contribution in [1.29, 1.82) is 0 Å². The summed E-state index contributed by atoms with van der Waals surface area (Å²) in [7, 11) is 0. The molecular weight excluding hydrogens is 333 g/mol. The van der Waals surface area contributed by atoms with Gasteiger partial charge in [0, 0.05) is 5.02 Å². The van der Waals surface area contributed by atoms with Gasteiger partial charge in [0.2, 0.25) is 0 Å². The van der Waals surface area contributed by atoms with Gasteiger partial charge in [-0.2, -0.15) is 0 Å². The number of para-hydroxylation sites is 2. The zero-order chi connectivity index (χ0) is 15.7. The zero-order valence-corrected chi connectivity index (χ0v) is 14.3. The smallest absolute Gasteiger partial charge is 0.356 e. The Bertz CT molecular complexity index is 799. The lowest BCUT2D eigenvalue weighted by Crippen LogP contribution is -3.00. The van der Waals surface area contributed by atoms with Crippen LogP contribution in [-0.4, -0.2) is 9.67 Å². The highest BCUT2D eigenvalue weighted by molar-refractivity contribution is 6.30. The molecule has 0 amide bonds. The Hall–Kier alpha value is -1.75. The highest BCUT2D eigenvalue weighted by atomic mass is 35.5. The first-order chi connectivity index (χ1) is 10.6. The number of aliphatic hydroxyl groups is 1. The number of anilines is 1. The number of hydrogen-bond acceptors (Lipinski definition) is 2. The number of nitrogens with zero attached hydrogens (tertiary/aromatic N) is 2. The number of aliphatic hydroxyl groups excluding tert-OH is 1. The van der Waals surface area contributed by atoms with E-state index in [9.17, 15) is 5.11 Å². The minimum atomic E-state index is -0.638. The third kappa shape index (κ3) is 3.29. The van der Waals surface area contributed by atoms with Crippen LogP contribution < -0.4 is 22.7 Å². The molecule has 3 N–H and O–H groups in total. The van der Waals surface area contributed by atoms with Gasteiger partial charge in [0.25, 0.3) is 0 Å². The fourth-order valence-electron chi connectivity index (χ4n) is 2.80. The fourth-order valence-corrected chi connectivity index (χ4v) is 2.93. The molecule has 3 rings (SSSR count). The van der Waals surface area contributed by atoms with Crippen molar-refractivity contribution in [3.8, 4) is 0 Å². The van der Waals surface area contributed by atoms with E-state index in [1.807, 2.05) is 45.5 Å². The average molecular weight is 352 g/mol. The Balaban J connectivity index is 0.00000192. The van der Waals surface area contributed by atoms with Crippen LogP contribution in [0.15, 0.2) is 48.5 Å². The molecule has 0 spiro atoms. The number of benzene rings is 2. The maximum Gasteiger partial charge on any atom is 0.356 e. The summed E-state index contributed by atoms with van der Waals surface area (Å²) in [5.41, 5.74) is 9.19. The van der Waals surface area contributed by atoms with Gasteiger partial charge >= 0.3 is 5.95 Å². The summed E-state index contributed by atoms with van der Waals surface area (Å²) in [6.45, 7) is 3.25.